The molecule has 0 radical (unpaired) electrons. The minimum Gasteiger partial charge on any atom is -0.465 e. The second kappa shape index (κ2) is 4.90. The monoisotopic (exact) mass is 286 g/mol. The summed E-state index contributed by atoms with van der Waals surface area (Å²) in [6, 6.07) is 7.53. The van der Waals surface area contributed by atoms with Gasteiger partial charge in [0.05, 0.1) is 18.9 Å². The van der Waals surface area contributed by atoms with Crippen molar-refractivity contribution in [1.82, 2.24) is 9.97 Å². The van der Waals surface area contributed by atoms with Crippen LogP contribution in [-0.4, -0.2) is 28.8 Å². The highest BCUT2D eigenvalue weighted by Crippen LogP contribution is 2.23. The fraction of sp³-hybridized carbons (Fsp3) is 0.0714. The summed E-state index contributed by atoms with van der Waals surface area (Å²) in [5.74, 6) is -0.692. The van der Waals surface area contributed by atoms with Crippen LogP contribution >= 0.6 is 11.3 Å². The standard InChI is InChI=1S/C14H10N2O3S/c1-19-14(18)11-7-16-13(20-11)12(17)9-6-15-10-5-3-2-4-8(9)10/h2-7,15H,1H3. The number of ketones is 1. The Bertz CT molecular complexity index is 803. The molecule has 0 fully saturated rings. The van der Waals surface area contributed by atoms with Crippen LogP contribution in [0.3, 0.4) is 0 Å². The zero-order valence-corrected chi connectivity index (χ0v) is 11.4. The van der Waals surface area contributed by atoms with E-state index in [2.05, 4.69) is 14.7 Å². The van der Waals surface area contributed by atoms with Crippen LogP contribution < -0.4 is 0 Å². The van der Waals surface area contributed by atoms with Gasteiger partial charge in [-0.2, -0.15) is 0 Å². The van der Waals surface area contributed by atoms with E-state index in [1.54, 1.807) is 6.20 Å². The molecule has 0 aliphatic rings. The molecule has 2 aromatic heterocycles. The number of fused-ring (bicyclic) bond motifs is 1. The number of nitrogens with one attached hydrogen (secondary N) is 1. The number of thiazole rings is 1. The fourth-order valence-corrected chi connectivity index (χ4v) is 2.74. The molecule has 1 N–H and O–H groups in total. The number of ether oxygens (including phenoxy) is 1. The van der Waals surface area contributed by atoms with Crippen LogP contribution in [0.2, 0.25) is 0 Å². The molecule has 6 heteroatoms. The molecule has 1 aromatic carbocycles. The van der Waals surface area contributed by atoms with Crippen molar-refractivity contribution in [2.45, 2.75) is 0 Å². The minimum absolute atomic E-state index is 0.206. The second-order valence-electron chi connectivity index (χ2n) is 4.10. The quantitative estimate of drug-likeness (QED) is 0.593. The van der Waals surface area contributed by atoms with Gasteiger partial charge in [-0.05, 0) is 6.07 Å². The average molecular weight is 286 g/mol. The molecule has 0 atom stereocenters. The molecular formula is C14H10N2O3S. The van der Waals surface area contributed by atoms with Gasteiger partial charge in [0.15, 0.2) is 5.01 Å². The maximum Gasteiger partial charge on any atom is 0.349 e. The van der Waals surface area contributed by atoms with E-state index in [0.717, 1.165) is 22.2 Å². The van der Waals surface area contributed by atoms with Crippen LogP contribution in [0.4, 0.5) is 0 Å². The molecule has 3 aromatic rings. The van der Waals surface area contributed by atoms with E-state index in [4.69, 9.17) is 0 Å². The van der Waals surface area contributed by atoms with Gasteiger partial charge in [-0.3, -0.25) is 4.79 Å². The van der Waals surface area contributed by atoms with Crippen molar-refractivity contribution >= 4 is 34.0 Å². The molecule has 0 bridgehead atoms. The number of carbonyl (C=O) groups excluding carboxylic acids is 2. The van der Waals surface area contributed by atoms with Gasteiger partial charge < -0.3 is 9.72 Å². The molecule has 0 spiro atoms. The number of para-hydroxylation sites is 1. The number of aromatic nitrogens is 2. The highest BCUT2D eigenvalue weighted by Gasteiger charge is 2.19. The van der Waals surface area contributed by atoms with Crippen LogP contribution in [-0.2, 0) is 4.74 Å². The van der Waals surface area contributed by atoms with Crippen LogP contribution in [0.5, 0.6) is 0 Å². The van der Waals surface area contributed by atoms with E-state index in [9.17, 15) is 9.59 Å². The third-order valence-corrected chi connectivity index (χ3v) is 3.90. The molecule has 0 aliphatic heterocycles. The Morgan fingerprint density at radius 2 is 2.10 bits per heavy atom. The van der Waals surface area contributed by atoms with Gasteiger partial charge in [0, 0.05) is 17.1 Å². The highest BCUT2D eigenvalue weighted by molar-refractivity contribution is 7.15. The summed E-state index contributed by atoms with van der Waals surface area (Å²) in [5.41, 5.74) is 1.44. The maximum atomic E-state index is 12.4. The van der Waals surface area contributed by atoms with Gasteiger partial charge in [0.2, 0.25) is 5.78 Å². The van der Waals surface area contributed by atoms with Crippen molar-refractivity contribution in [2.24, 2.45) is 0 Å². The smallest absolute Gasteiger partial charge is 0.349 e. The van der Waals surface area contributed by atoms with Gasteiger partial charge in [-0.25, -0.2) is 9.78 Å². The Balaban J connectivity index is 2.00. The lowest BCUT2D eigenvalue weighted by molar-refractivity contribution is 0.0606. The van der Waals surface area contributed by atoms with Gasteiger partial charge in [-0.1, -0.05) is 18.2 Å². The molecule has 0 unspecified atom stereocenters. The fourth-order valence-electron chi connectivity index (χ4n) is 1.95. The van der Waals surface area contributed by atoms with Crippen LogP contribution in [0.25, 0.3) is 10.9 Å². The second-order valence-corrected chi connectivity index (χ2v) is 5.13. The lowest BCUT2D eigenvalue weighted by Crippen LogP contribution is -1.99. The van der Waals surface area contributed by atoms with Crippen molar-refractivity contribution in [3.63, 3.8) is 0 Å². The minimum atomic E-state index is -0.486. The largest absolute Gasteiger partial charge is 0.465 e. The third kappa shape index (κ3) is 2.00. The van der Waals surface area contributed by atoms with Gasteiger partial charge in [0.25, 0.3) is 0 Å². The molecule has 0 saturated heterocycles. The first kappa shape index (κ1) is 12.6. The molecule has 0 amide bonds. The third-order valence-electron chi connectivity index (χ3n) is 2.92. The normalized spacial score (nSPS) is 10.7. The Morgan fingerprint density at radius 3 is 2.90 bits per heavy atom. The summed E-state index contributed by atoms with van der Waals surface area (Å²) >= 11 is 1.03. The van der Waals surface area contributed by atoms with Crippen molar-refractivity contribution in [3.8, 4) is 0 Å². The number of rotatable bonds is 3. The Morgan fingerprint density at radius 1 is 1.30 bits per heavy atom. The Hall–Kier alpha value is -2.47. The number of carbonyl (C=O) groups is 2. The van der Waals surface area contributed by atoms with Gasteiger partial charge in [-0.15, -0.1) is 11.3 Å². The van der Waals surface area contributed by atoms with E-state index in [-0.39, 0.29) is 10.8 Å². The lowest BCUT2D eigenvalue weighted by atomic mass is 10.1. The van der Waals surface area contributed by atoms with Gasteiger partial charge in [0.1, 0.15) is 4.88 Å². The molecule has 5 nitrogen and oxygen atoms in total. The molecule has 100 valence electrons. The predicted molar refractivity (Wildman–Crippen MR) is 75.2 cm³/mol. The van der Waals surface area contributed by atoms with Crippen LogP contribution in [0.1, 0.15) is 25.0 Å². The van der Waals surface area contributed by atoms with E-state index in [0.29, 0.717) is 10.4 Å². The molecule has 0 aliphatic carbocycles. The van der Waals surface area contributed by atoms with E-state index >= 15 is 0 Å². The van der Waals surface area contributed by atoms with Gasteiger partial charge >= 0.3 is 5.97 Å². The van der Waals surface area contributed by atoms with E-state index in [1.807, 2.05) is 24.3 Å². The van der Waals surface area contributed by atoms with E-state index in [1.165, 1.54) is 13.3 Å². The summed E-state index contributed by atoms with van der Waals surface area (Å²) in [6.45, 7) is 0. The first-order chi connectivity index (χ1) is 9.70. The zero-order chi connectivity index (χ0) is 14.1. The first-order valence-corrected chi connectivity index (χ1v) is 6.67. The number of benzene rings is 1. The van der Waals surface area contributed by atoms with Crippen molar-refractivity contribution in [1.29, 1.82) is 0 Å². The summed E-state index contributed by atoms with van der Waals surface area (Å²) in [6.07, 6.45) is 3.02. The highest BCUT2D eigenvalue weighted by atomic mass is 32.1. The number of methoxy groups -OCH3 is 1. The molecular weight excluding hydrogens is 276 g/mol. The summed E-state index contributed by atoms with van der Waals surface area (Å²) in [7, 11) is 1.29. The van der Waals surface area contributed by atoms with Crippen LogP contribution in [0.15, 0.2) is 36.7 Å². The van der Waals surface area contributed by atoms with Crippen LogP contribution in [0, 0.1) is 0 Å². The molecule has 0 saturated carbocycles. The molecule has 3 rings (SSSR count). The maximum absolute atomic E-state index is 12.4. The van der Waals surface area contributed by atoms with E-state index < -0.39 is 5.97 Å². The van der Waals surface area contributed by atoms with Crippen molar-refractivity contribution in [2.75, 3.05) is 7.11 Å². The number of H-pyrrole nitrogens is 1. The van der Waals surface area contributed by atoms with Crippen molar-refractivity contribution < 1.29 is 14.3 Å². The number of aromatic amines is 1. The molecule has 2 heterocycles. The summed E-state index contributed by atoms with van der Waals surface area (Å²) in [4.78, 5) is 31.2. The van der Waals surface area contributed by atoms with Crippen molar-refractivity contribution in [3.05, 3.63) is 52.1 Å². The Kier molecular flexibility index (Phi) is 3.08. The lowest BCUT2D eigenvalue weighted by Gasteiger charge is -1.95. The zero-order valence-electron chi connectivity index (χ0n) is 10.5. The summed E-state index contributed by atoms with van der Waals surface area (Å²) < 4.78 is 4.60. The Labute approximate surface area is 118 Å². The number of hydrogen-bond acceptors (Lipinski definition) is 5. The first-order valence-electron chi connectivity index (χ1n) is 5.85. The molecule has 20 heavy (non-hydrogen) atoms. The predicted octanol–water partition coefficient (Wildman–Crippen LogP) is 2.64. The average Bonchev–Trinajstić information content (AvgIpc) is 3.12. The topological polar surface area (TPSA) is 72.0 Å². The SMILES string of the molecule is COC(=O)c1cnc(C(=O)c2c[nH]c3ccccc23)s1. The number of esters is 1. The number of nitrogens with zero attached hydrogens (tertiary/aromatic N) is 1. The summed E-state index contributed by atoms with van der Waals surface area (Å²) in [5, 5.41) is 1.11. The number of hydrogen-bond donors (Lipinski definition) is 1.